The Hall–Kier alpha value is -3.33. The van der Waals surface area contributed by atoms with Crippen LogP contribution in [-0.2, 0) is 0 Å². The van der Waals surface area contributed by atoms with E-state index >= 15 is 0 Å². The summed E-state index contributed by atoms with van der Waals surface area (Å²) < 4.78 is 15.9. The van der Waals surface area contributed by atoms with E-state index in [2.05, 4.69) is 10.6 Å². The van der Waals surface area contributed by atoms with Crippen LogP contribution in [0.2, 0.25) is 0 Å². The van der Waals surface area contributed by atoms with Gasteiger partial charge in [0.2, 0.25) is 5.75 Å². The summed E-state index contributed by atoms with van der Waals surface area (Å²) in [5, 5.41) is 5.71. The molecule has 2 aromatic carbocycles. The number of hydrogen-bond acceptors (Lipinski definition) is 6. The molecule has 0 radical (unpaired) electrons. The van der Waals surface area contributed by atoms with E-state index in [1.807, 2.05) is 17.0 Å². The van der Waals surface area contributed by atoms with Crippen LogP contribution in [0.1, 0.15) is 46.4 Å². The zero-order valence-corrected chi connectivity index (χ0v) is 19.9. The molecule has 0 saturated carbocycles. The lowest BCUT2D eigenvalue weighted by Crippen LogP contribution is -2.36. The first kappa shape index (κ1) is 24.3. The zero-order chi connectivity index (χ0) is 23.8. The van der Waals surface area contributed by atoms with Gasteiger partial charge in [0, 0.05) is 18.7 Å². The van der Waals surface area contributed by atoms with Crippen LogP contribution in [0.5, 0.6) is 17.2 Å². The Labute approximate surface area is 199 Å². The van der Waals surface area contributed by atoms with Gasteiger partial charge in [-0.15, -0.1) is 0 Å². The first-order valence-corrected chi connectivity index (χ1v) is 11.2. The SMILES string of the molecule is COc1cc(C(=O)NC(=S)Nc2ccccc2C(=O)N2CCCCCC2)cc(OC)c1OC. The van der Waals surface area contributed by atoms with Crippen LogP contribution in [0.15, 0.2) is 36.4 Å². The Morgan fingerprint density at radius 2 is 1.52 bits per heavy atom. The van der Waals surface area contributed by atoms with Gasteiger partial charge >= 0.3 is 0 Å². The third-order valence-corrected chi connectivity index (χ3v) is 5.66. The maximum absolute atomic E-state index is 13.1. The van der Waals surface area contributed by atoms with Crippen molar-refractivity contribution in [1.82, 2.24) is 10.2 Å². The average molecular weight is 472 g/mol. The van der Waals surface area contributed by atoms with Crippen LogP contribution in [0, 0.1) is 0 Å². The number of carbonyl (C=O) groups excluding carboxylic acids is 2. The fourth-order valence-electron chi connectivity index (χ4n) is 3.76. The summed E-state index contributed by atoms with van der Waals surface area (Å²) in [5.41, 5.74) is 1.34. The molecule has 0 unspecified atom stereocenters. The smallest absolute Gasteiger partial charge is 0.257 e. The van der Waals surface area contributed by atoms with E-state index in [0.29, 0.717) is 28.5 Å². The molecular formula is C24H29N3O5S. The van der Waals surface area contributed by atoms with Crippen molar-refractivity contribution in [2.24, 2.45) is 0 Å². The van der Waals surface area contributed by atoms with Gasteiger partial charge in [-0.25, -0.2) is 0 Å². The number of likely N-dealkylation sites (tertiary alicyclic amines) is 1. The summed E-state index contributed by atoms with van der Waals surface area (Å²) in [6, 6.07) is 10.2. The van der Waals surface area contributed by atoms with Crippen molar-refractivity contribution >= 4 is 34.8 Å². The standard InChI is InChI=1S/C24H29N3O5S/c1-30-19-14-16(15-20(31-2)21(19)32-3)22(28)26-24(33)25-18-11-7-6-10-17(18)23(29)27-12-8-4-5-9-13-27/h6-7,10-11,14-15H,4-5,8-9,12-13H2,1-3H3,(H2,25,26,28,33). The molecule has 1 aliphatic rings. The Kier molecular flexibility index (Phi) is 8.48. The highest BCUT2D eigenvalue weighted by Gasteiger charge is 2.21. The van der Waals surface area contributed by atoms with Gasteiger partial charge in [0.25, 0.3) is 11.8 Å². The normalized spacial score (nSPS) is 13.5. The van der Waals surface area contributed by atoms with Gasteiger partial charge in [-0.1, -0.05) is 25.0 Å². The van der Waals surface area contributed by atoms with Crippen molar-refractivity contribution in [2.45, 2.75) is 25.7 Å². The first-order chi connectivity index (χ1) is 16.0. The molecule has 176 valence electrons. The molecule has 1 saturated heterocycles. The predicted molar refractivity (Wildman–Crippen MR) is 131 cm³/mol. The third kappa shape index (κ3) is 5.92. The number of para-hydroxylation sites is 1. The second-order valence-electron chi connectivity index (χ2n) is 7.57. The highest BCUT2D eigenvalue weighted by molar-refractivity contribution is 7.80. The van der Waals surface area contributed by atoms with Crippen molar-refractivity contribution in [2.75, 3.05) is 39.7 Å². The summed E-state index contributed by atoms with van der Waals surface area (Å²) >= 11 is 5.35. The molecule has 0 spiro atoms. The molecule has 1 heterocycles. The lowest BCUT2D eigenvalue weighted by Gasteiger charge is -2.22. The molecule has 2 amide bonds. The zero-order valence-electron chi connectivity index (χ0n) is 19.1. The van der Waals surface area contributed by atoms with Gasteiger partial charge in [0.15, 0.2) is 16.6 Å². The molecule has 0 aliphatic carbocycles. The van der Waals surface area contributed by atoms with Gasteiger partial charge in [-0.05, 0) is 49.3 Å². The minimum atomic E-state index is -0.455. The maximum Gasteiger partial charge on any atom is 0.257 e. The topological polar surface area (TPSA) is 89.1 Å². The summed E-state index contributed by atoms with van der Waals surface area (Å²) in [5.74, 6) is 0.601. The maximum atomic E-state index is 13.1. The molecule has 1 fully saturated rings. The van der Waals surface area contributed by atoms with Crippen LogP contribution >= 0.6 is 12.2 Å². The van der Waals surface area contributed by atoms with E-state index in [4.69, 9.17) is 26.4 Å². The number of methoxy groups -OCH3 is 3. The number of nitrogens with zero attached hydrogens (tertiary/aromatic N) is 1. The van der Waals surface area contributed by atoms with Crippen molar-refractivity contribution in [3.05, 3.63) is 47.5 Å². The van der Waals surface area contributed by atoms with Crippen molar-refractivity contribution in [3.8, 4) is 17.2 Å². The Morgan fingerprint density at radius 3 is 2.09 bits per heavy atom. The van der Waals surface area contributed by atoms with Crippen molar-refractivity contribution in [1.29, 1.82) is 0 Å². The molecule has 2 aromatic rings. The Morgan fingerprint density at radius 1 is 0.909 bits per heavy atom. The quantitative estimate of drug-likeness (QED) is 0.619. The predicted octanol–water partition coefficient (Wildman–Crippen LogP) is 3.86. The highest BCUT2D eigenvalue weighted by atomic mass is 32.1. The minimum Gasteiger partial charge on any atom is -0.493 e. The third-order valence-electron chi connectivity index (χ3n) is 5.45. The largest absolute Gasteiger partial charge is 0.493 e. The summed E-state index contributed by atoms with van der Waals surface area (Å²) in [4.78, 5) is 27.8. The monoisotopic (exact) mass is 471 g/mol. The molecular weight excluding hydrogens is 442 g/mol. The summed E-state index contributed by atoms with van der Waals surface area (Å²) in [6.07, 6.45) is 4.29. The average Bonchev–Trinajstić information content (AvgIpc) is 3.12. The van der Waals surface area contributed by atoms with E-state index in [1.165, 1.54) is 33.5 Å². The number of nitrogens with one attached hydrogen (secondary N) is 2. The molecule has 2 N–H and O–H groups in total. The summed E-state index contributed by atoms with van der Waals surface area (Å²) in [6.45, 7) is 1.49. The van der Waals surface area contributed by atoms with E-state index in [-0.39, 0.29) is 16.6 Å². The molecule has 8 nitrogen and oxygen atoms in total. The Balaban J connectivity index is 1.74. The number of hydrogen-bond donors (Lipinski definition) is 2. The number of carbonyl (C=O) groups is 2. The first-order valence-electron chi connectivity index (χ1n) is 10.8. The molecule has 33 heavy (non-hydrogen) atoms. The van der Waals surface area contributed by atoms with E-state index < -0.39 is 5.91 Å². The lowest BCUT2D eigenvalue weighted by atomic mass is 10.1. The lowest BCUT2D eigenvalue weighted by molar-refractivity contribution is 0.0762. The summed E-state index contributed by atoms with van der Waals surface area (Å²) in [7, 11) is 4.44. The highest BCUT2D eigenvalue weighted by Crippen LogP contribution is 2.38. The minimum absolute atomic E-state index is 0.0428. The van der Waals surface area contributed by atoms with Crippen LogP contribution in [0.3, 0.4) is 0 Å². The molecule has 9 heteroatoms. The van der Waals surface area contributed by atoms with E-state index in [1.54, 1.807) is 12.1 Å². The number of thiocarbonyl (C=S) groups is 1. The van der Waals surface area contributed by atoms with Crippen LogP contribution < -0.4 is 24.8 Å². The fraction of sp³-hybridized carbons (Fsp3) is 0.375. The van der Waals surface area contributed by atoms with Gasteiger partial charge in [-0.3, -0.25) is 14.9 Å². The number of rotatable bonds is 6. The van der Waals surface area contributed by atoms with Gasteiger partial charge < -0.3 is 24.4 Å². The van der Waals surface area contributed by atoms with Crippen molar-refractivity contribution < 1.29 is 23.8 Å². The van der Waals surface area contributed by atoms with Gasteiger partial charge in [0.05, 0.1) is 32.6 Å². The van der Waals surface area contributed by atoms with Gasteiger partial charge in [0.1, 0.15) is 0 Å². The molecule has 0 atom stereocenters. The molecule has 0 bridgehead atoms. The molecule has 3 rings (SSSR count). The number of ether oxygens (including phenoxy) is 3. The van der Waals surface area contributed by atoms with E-state index in [0.717, 1.165) is 38.8 Å². The van der Waals surface area contributed by atoms with Crippen LogP contribution in [-0.4, -0.2) is 56.2 Å². The Bertz CT molecular complexity index is 994. The van der Waals surface area contributed by atoms with Gasteiger partial charge in [-0.2, -0.15) is 0 Å². The van der Waals surface area contributed by atoms with Crippen LogP contribution in [0.4, 0.5) is 5.69 Å². The number of anilines is 1. The molecule has 1 aliphatic heterocycles. The van der Waals surface area contributed by atoms with Crippen LogP contribution in [0.25, 0.3) is 0 Å². The fourth-order valence-corrected chi connectivity index (χ4v) is 3.97. The number of amides is 2. The second-order valence-corrected chi connectivity index (χ2v) is 7.98. The number of benzene rings is 2. The van der Waals surface area contributed by atoms with Crippen molar-refractivity contribution in [3.63, 3.8) is 0 Å². The molecule has 0 aromatic heterocycles. The second kappa shape index (κ2) is 11.5. The van der Waals surface area contributed by atoms with E-state index in [9.17, 15) is 9.59 Å².